The SMILES string of the molecule is Nc1cc2oc(NCCO)nc2cc1OCc1ccccc1. The molecule has 1 heterocycles. The third-order valence-electron chi connectivity index (χ3n) is 3.15. The summed E-state index contributed by atoms with van der Waals surface area (Å²) in [6.45, 7) is 0.815. The molecule has 0 unspecified atom stereocenters. The first-order valence-electron chi connectivity index (χ1n) is 6.98. The van der Waals surface area contributed by atoms with E-state index in [4.69, 9.17) is 20.0 Å². The number of fused-ring (bicyclic) bond motifs is 1. The van der Waals surface area contributed by atoms with Crippen LogP contribution in [0.3, 0.4) is 0 Å². The van der Waals surface area contributed by atoms with Gasteiger partial charge in [0.1, 0.15) is 17.9 Å². The fraction of sp³-hybridized carbons (Fsp3) is 0.188. The lowest BCUT2D eigenvalue weighted by Gasteiger charge is -2.08. The molecule has 0 radical (unpaired) electrons. The second-order valence-corrected chi connectivity index (χ2v) is 4.80. The van der Waals surface area contributed by atoms with Gasteiger partial charge in [0.15, 0.2) is 5.58 Å². The van der Waals surface area contributed by atoms with E-state index in [1.54, 1.807) is 12.1 Å². The van der Waals surface area contributed by atoms with Gasteiger partial charge in [0.2, 0.25) is 0 Å². The van der Waals surface area contributed by atoms with Gasteiger partial charge in [-0.3, -0.25) is 0 Å². The Morgan fingerprint density at radius 3 is 2.82 bits per heavy atom. The Kier molecular flexibility index (Phi) is 4.11. The van der Waals surface area contributed by atoms with E-state index in [1.807, 2.05) is 30.3 Å². The molecule has 22 heavy (non-hydrogen) atoms. The van der Waals surface area contributed by atoms with Crippen molar-refractivity contribution < 1.29 is 14.3 Å². The number of rotatable bonds is 6. The van der Waals surface area contributed by atoms with Crippen molar-refractivity contribution in [2.45, 2.75) is 6.61 Å². The third kappa shape index (κ3) is 3.12. The monoisotopic (exact) mass is 299 g/mol. The summed E-state index contributed by atoms with van der Waals surface area (Å²) in [6, 6.07) is 13.6. The number of ether oxygens (including phenoxy) is 1. The molecule has 0 aliphatic carbocycles. The van der Waals surface area contributed by atoms with Crippen molar-refractivity contribution in [2.24, 2.45) is 0 Å². The molecule has 1 aromatic heterocycles. The molecule has 3 rings (SSSR count). The summed E-state index contributed by atoms with van der Waals surface area (Å²) in [5.41, 5.74) is 8.77. The first-order chi connectivity index (χ1) is 10.8. The Balaban J connectivity index is 1.79. The number of nitrogens with zero attached hydrogens (tertiary/aromatic N) is 1. The van der Waals surface area contributed by atoms with Crippen LogP contribution in [0, 0.1) is 0 Å². The van der Waals surface area contributed by atoms with Gasteiger partial charge >= 0.3 is 0 Å². The van der Waals surface area contributed by atoms with E-state index in [1.165, 1.54) is 0 Å². The molecule has 0 atom stereocenters. The largest absolute Gasteiger partial charge is 0.487 e. The van der Waals surface area contributed by atoms with Crippen molar-refractivity contribution in [1.29, 1.82) is 0 Å². The fourth-order valence-electron chi connectivity index (χ4n) is 2.07. The smallest absolute Gasteiger partial charge is 0.295 e. The number of benzene rings is 2. The summed E-state index contributed by atoms with van der Waals surface area (Å²) in [4.78, 5) is 4.28. The Bertz CT molecular complexity index is 756. The molecule has 0 bridgehead atoms. The van der Waals surface area contributed by atoms with E-state index < -0.39 is 0 Å². The summed E-state index contributed by atoms with van der Waals surface area (Å²) in [5.74, 6) is 0.568. The van der Waals surface area contributed by atoms with Crippen molar-refractivity contribution >= 4 is 22.8 Å². The van der Waals surface area contributed by atoms with Crippen molar-refractivity contribution in [3.05, 3.63) is 48.0 Å². The number of oxazole rings is 1. The molecule has 0 spiro atoms. The number of aliphatic hydroxyl groups excluding tert-OH is 1. The molecule has 6 nitrogen and oxygen atoms in total. The topological polar surface area (TPSA) is 93.5 Å². The minimum absolute atomic E-state index is 0.00625. The lowest BCUT2D eigenvalue weighted by atomic mass is 10.2. The quantitative estimate of drug-likeness (QED) is 0.605. The van der Waals surface area contributed by atoms with E-state index in [2.05, 4.69) is 10.3 Å². The lowest BCUT2D eigenvalue weighted by molar-refractivity contribution is 0.308. The zero-order valence-electron chi connectivity index (χ0n) is 12.0. The van der Waals surface area contributed by atoms with Gasteiger partial charge in [0.25, 0.3) is 6.01 Å². The molecular weight excluding hydrogens is 282 g/mol. The lowest BCUT2D eigenvalue weighted by Crippen LogP contribution is -2.05. The molecule has 4 N–H and O–H groups in total. The van der Waals surface area contributed by atoms with Gasteiger partial charge in [0.05, 0.1) is 12.3 Å². The Labute approximate surface area is 127 Å². The average molecular weight is 299 g/mol. The van der Waals surface area contributed by atoms with Crippen molar-refractivity contribution in [2.75, 3.05) is 24.2 Å². The standard InChI is InChI=1S/C16H17N3O3/c17-12-8-15-13(19-16(22-15)18-6-7-20)9-14(12)21-10-11-4-2-1-3-5-11/h1-5,8-9,20H,6-7,10,17H2,(H,18,19). The van der Waals surface area contributed by atoms with Crippen LogP contribution < -0.4 is 15.8 Å². The van der Waals surface area contributed by atoms with Crippen LogP contribution in [0.15, 0.2) is 46.9 Å². The first kappa shape index (κ1) is 14.2. The molecule has 0 saturated heterocycles. The molecule has 114 valence electrons. The highest BCUT2D eigenvalue weighted by molar-refractivity contribution is 5.81. The van der Waals surface area contributed by atoms with E-state index in [-0.39, 0.29) is 6.61 Å². The minimum Gasteiger partial charge on any atom is -0.487 e. The molecule has 0 fully saturated rings. The van der Waals surface area contributed by atoms with Gasteiger partial charge in [-0.05, 0) is 5.56 Å². The maximum absolute atomic E-state index is 8.80. The Hall–Kier alpha value is -2.73. The second kappa shape index (κ2) is 6.36. The predicted octanol–water partition coefficient (Wildman–Crippen LogP) is 2.39. The molecule has 2 aromatic carbocycles. The van der Waals surface area contributed by atoms with Crippen molar-refractivity contribution in [1.82, 2.24) is 4.98 Å². The summed E-state index contributed by atoms with van der Waals surface area (Å²) in [7, 11) is 0. The van der Waals surface area contributed by atoms with Crippen LogP contribution in [0.4, 0.5) is 11.7 Å². The molecular formula is C16H17N3O3. The molecule has 0 aliphatic heterocycles. The van der Waals surface area contributed by atoms with Crippen LogP contribution >= 0.6 is 0 Å². The van der Waals surface area contributed by atoms with Crippen LogP contribution in [0.25, 0.3) is 11.1 Å². The van der Waals surface area contributed by atoms with Crippen LogP contribution in [0.2, 0.25) is 0 Å². The third-order valence-corrected chi connectivity index (χ3v) is 3.15. The first-order valence-corrected chi connectivity index (χ1v) is 6.98. The van der Waals surface area contributed by atoms with E-state index in [0.717, 1.165) is 5.56 Å². The van der Waals surface area contributed by atoms with E-state index >= 15 is 0 Å². The Morgan fingerprint density at radius 2 is 2.05 bits per heavy atom. The van der Waals surface area contributed by atoms with Crippen molar-refractivity contribution in [3.63, 3.8) is 0 Å². The number of anilines is 2. The van der Waals surface area contributed by atoms with Crippen LogP contribution in [0.5, 0.6) is 5.75 Å². The maximum atomic E-state index is 8.80. The molecule has 3 aromatic rings. The number of hydrogen-bond acceptors (Lipinski definition) is 6. The zero-order valence-corrected chi connectivity index (χ0v) is 12.0. The van der Waals surface area contributed by atoms with Gasteiger partial charge in [0, 0.05) is 18.7 Å². The normalized spacial score (nSPS) is 10.8. The second-order valence-electron chi connectivity index (χ2n) is 4.80. The molecule has 0 aliphatic rings. The van der Waals surface area contributed by atoms with E-state index in [0.29, 0.717) is 41.7 Å². The zero-order chi connectivity index (χ0) is 15.4. The fourth-order valence-corrected chi connectivity index (χ4v) is 2.07. The highest BCUT2D eigenvalue weighted by Gasteiger charge is 2.10. The number of aliphatic hydroxyl groups is 1. The number of nitrogens with two attached hydrogens (primary N) is 1. The number of nitrogen functional groups attached to an aromatic ring is 1. The Morgan fingerprint density at radius 1 is 1.23 bits per heavy atom. The summed E-state index contributed by atoms with van der Waals surface area (Å²) >= 11 is 0. The van der Waals surface area contributed by atoms with Gasteiger partial charge in [-0.2, -0.15) is 4.98 Å². The van der Waals surface area contributed by atoms with Crippen LogP contribution in [-0.4, -0.2) is 23.2 Å². The average Bonchev–Trinajstić information content (AvgIpc) is 2.93. The maximum Gasteiger partial charge on any atom is 0.295 e. The van der Waals surface area contributed by atoms with Crippen LogP contribution in [0.1, 0.15) is 5.56 Å². The highest BCUT2D eigenvalue weighted by Crippen LogP contribution is 2.30. The summed E-state index contributed by atoms with van der Waals surface area (Å²) in [5, 5.41) is 11.7. The van der Waals surface area contributed by atoms with Crippen molar-refractivity contribution in [3.8, 4) is 5.75 Å². The highest BCUT2D eigenvalue weighted by atomic mass is 16.5. The minimum atomic E-state index is 0.00625. The predicted molar refractivity (Wildman–Crippen MR) is 84.8 cm³/mol. The molecule has 0 amide bonds. The van der Waals surface area contributed by atoms with Gasteiger partial charge < -0.3 is 25.3 Å². The van der Waals surface area contributed by atoms with Crippen LogP contribution in [-0.2, 0) is 6.61 Å². The number of nitrogens with one attached hydrogen (secondary N) is 1. The number of aromatic nitrogens is 1. The molecule has 0 saturated carbocycles. The summed E-state index contributed by atoms with van der Waals surface area (Å²) in [6.07, 6.45) is 0. The summed E-state index contributed by atoms with van der Waals surface area (Å²) < 4.78 is 11.3. The molecule has 6 heteroatoms. The number of hydrogen-bond donors (Lipinski definition) is 3. The van der Waals surface area contributed by atoms with Gasteiger partial charge in [-0.25, -0.2) is 0 Å². The van der Waals surface area contributed by atoms with Gasteiger partial charge in [-0.15, -0.1) is 0 Å². The van der Waals surface area contributed by atoms with E-state index in [9.17, 15) is 0 Å². The van der Waals surface area contributed by atoms with Gasteiger partial charge in [-0.1, -0.05) is 30.3 Å².